The number of phosphoric acid groups is 2. The van der Waals surface area contributed by atoms with Crippen LogP contribution in [0.15, 0.2) is 0 Å². The van der Waals surface area contributed by atoms with Gasteiger partial charge in [-0.3, -0.25) is 37.3 Å². The van der Waals surface area contributed by atoms with Gasteiger partial charge in [0.2, 0.25) is 0 Å². The highest BCUT2D eigenvalue weighted by molar-refractivity contribution is 7.47. The monoisotopic (exact) mass is 1330 g/mol. The summed E-state index contributed by atoms with van der Waals surface area (Å²) in [6, 6.07) is 0. The van der Waals surface area contributed by atoms with Crippen LogP contribution in [0.1, 0.15) is 336 Å². The van der Waals surface area contributed by atoms with Gasteiger partial charge in [-0.2, -0.15) is 0 Å². The summed E-state index contributed by atoms with van der Waals surface area (Å²) in [5.74, 6) is -1.84. The number of unbranched alkanes of at least 4 members (excludes halogenated alkanes) is 40. The Labute approximate surface area is 546 Å². The first-order valence-corrected chi connectivity index (χ1v) is 39.0. The molecule has 0 aliphatic carbocycles. The van der Waals surface area contributed by atoms with E-state index in [9.17, 15) is 48.3 Å². The summed E-state index contributed by atoms with van der Waals surface area (Å²) in [5, 5.41) is 36.4. The van der Waals surface area contributed by atoms with Gasteiger partial charge < -0.3 is 49.2 Å². The molecule has 0 aromatic carbocycles. The van der Waals surface area contributed by atoms with E-state index in [-0.39, 0.29) is 38.9 Å². The zero-order valence-electron chi connectivity index (χ0n) is 57.2. The molecule has 0 heterocycles. The zero-order chi connectivity index (χ0) is 66.9. The summed E-state index contributed by atoms with van der Waals surface area (Å²) in [5.41, 5.74) is 0. The van der Waals surface area contributed by atoms with Crippen LogP contribution in [0.25, 0.3) is 0 Å². The van der Waals surface area contributed by atoms with Gasteiger partial charge in [0, 0.05) is 25.7 Å². The Bertz CT molecular complexity index is 1590. The quantitative estimate of drug-likeness (QED) is 0.0143. The minimum atomic E-state index is -4.60. The topological polar surface area (TPSA) is 298 Å². The largest absolute Gasteiger partial charge is 0.472 e. The van der Waals surface area contributed by atoms with E-state index in [1.54, 1.807) is 0 Å². The van der Waals surface area contributed by atoms with Crippen LogP contribution in [0, 0.1) is 0 Å². The number of ether oxygens (including phenoxy) is 4. The van der Waals surface area contributed by atoms with Gasteiger partial charge in [0.05, 0.1) is 39.6 Å². The maximum Gasteiger partial charge on any atom is 0.472 e. The van der Waals surface area contributed by atoms with Crippen LogP contribution in [0.2, 0.25) is 0 Å². The summed E-state index contributed by atoms with van der Waals surface area (Å²) >= 11 is 0. The maximum atomic E-state index is 12.5. The molecule has 0 aromatic rings. The molecule has 0 spiro atoms. The minimum Gasteiger partial charge on any atom is -0.462 e. The van der Waals surface area contributed by atoms with Gasteiger partial charge in [0.15, 0.2) is 12.2 Å². The summed E-state index contributed by atoms with van der Waals surface area (Å²) in [6.45, 7) is 4.71. The molecule has 90 heavy (non-hydrogen) atoms. The maximum absolute atomic E-state index is 12.5. The average Bonchev–Trinajstić information content (AvgIpc) is 3.71. The molecule has 0 rings (SSSR count). The highest BCUT2D eigenvalue weighted by Gasteiger charge is 2.29. The van der Waals surface area contributed by atoms with Gasteiger partial charge in [0.25, 0.3) is 0 Å². The van der Waals surface area contributed by atoms with Crippen LogP contribution >= 0.6 is 15.6 Å². The van der Waals surface area contributed by atoms with Crippen LogP contribution < -0.4 is 0 Å². The van der Waals surface area contributed by atoms with Crippen molar-refractivity contribution in [1.29, 1.82) is 0 Å². The van der Waals surface area contributed by atoms with E-state index in [2.05, 4.69) is 36.7 Å². The molecule has 536 valence electrons. The Morgan fingerprint density at radius 1 is 0.289 bits per heavy atom. The zero-order valence-corrected chi connectivity index (χ0v) is 59.0. The van der Waals surface area contributed by atoms with Crippen molar-refractivity contribution in [2.45, 2.75) is 360 Å². The lowest BCUT2D eigenvalue weighted by atomic mass is 10.1. The molecule has 6 atom stereocenters. The standard InChI is InChI=1S/2C34H67O10P/c2*1-3-5-7-9-11-13-15-17-19-21-23-25-33(37)41-29-32(30-43-45(39,40)42-28-31(36)27-35)44-34(38)26-24-22-20-18-16-14-12-10-8-6-4-2/h2*31-32,35-36H,3-30H2,1-2H3,(H,39,40)/t2*31?,32-/m11/s1. The number of carbonyl (C=O) groups excluding carboxylic acids is 4. The molecule has 6 N–H and O–H groups in total. The van der Waals surface area contributed by atoms with Crippen molar-refractivity contribution >= 4 is 39.5 Å². The Balaban J connectivity index is 0. The van der Waals surface area contributed by atoms with Crippen LogP contribution in [0.4, 0.5) is 0 Å². The molecule has 4 unspecified atom stereocenters. The summed E-state index contributed by atoms with van der Waals surface area (Å²) < 4.78 is 64.9. The number of hydrogen-bond acceptors (Lipinski definition) is 18. The first-order valence-electron chi connectivity index (χ1n) is 36.0. The molecule has 0 fully saturated rings. The fourth-order valence-corrected chi connectivity index (χ4v) is 11.4. The van der Waals surface area contributed by atoms with E-state index in [1.165, 1.54) is 180 Å². The van der Waals surface area contributed by atoms with Gasteiger partial charge in [0.1, 0.15) is 25.4 Å². The second-order valence-corrected chi connectivity index (χ2v) is 27.4. The van der Waals surface area contributed by atoms with Crippen LogP contribution in [-0.2, 0) is 65.4 Å². The average molecular weight is 1330 g/mol. The predicted octanol–water partition coefficient (Wildman–Crippen LogP) is 16.7. The summed E-state index contributed by atoms with van der Waals surface area (Å²) in [6.07, 6.45) is 47.2. The third-order valence-electron chi connectivity index (χ3n) is 15.5. The Hall–Kier alpha value is -2.06. The third kappa shape index (κ3) is 67.4. The molecule has 0 amide bonds. The van der Waals surface area contributed by atoms with Gasteiger partial charge >= 0.3 is 39.5 Å². The molecule has 20 nitrogen and oxygen atoms in total. The molecular formula is C68H134O20P2. The molecular weight excluding hydrogens is 1200 g/mol. The Morgan fingerprint density at radius 3 is 0.689 bits per heavy atom. The number of rotatable bonds is 68. The normalized spacial score (nSPS) is 14.2. The van der Waals surface area contributed by atoms with E-state index >= 15 is 0 Å². The second kappa shape index (κ2) is 66.9. The van der Waals surface area contributed by atoms with Crippen molar-refractivity contribution in [3.05, 3.63) is 0 Å². The van der Waals surface area contributed by atoms with E-state index in [4.69, 9.17) is 38.2 Å². The fourth-order valence-electron chi connectivity index (χ4n) is 9.87. The first-order chi connectivity index (χ1) is 43.5. The van der Waals surface area contributed by atoms with E-state index in [0.29, 0.717) is 25.7 Å². The Morgan fingerprint density at radius 2 is 0.478 bits per heavy atom. The van der Waals surface area contributed by atoms with Crippen molar-refractivity contribution in [3.8, 4) is 0 Å². The second-order valence-electron chi connectivity index (χ2n) is 24.5. The molecule has 0 aliphatic heterocycles. The smallest absolute Gasteiger partial charge is 0.462 e. The Kier molecular flexibility index (Phi) is 66.9. The van der Waals surface area contributed by atoms with Gasteiger partial charge in [-0.1, -0.05) is 285 Å². The van der Waals surface area contributed by atoms with Gasteiger partial charge in [-0.25, -0.2) is 9.13 Å². The number of aliphatic hydroxyl groups is 4. The van der Waals surface area contributed by atoms with E-state index < -0.39 is 104 Å². The van der Waals surface area contributed by atoms with Crippen molar-refractivity contribution in [3.63, 3.8) is 0 Å². The number of esters is 4. The molecule has 0 saturated carbocycles. The number of hydrogen-bond donors (Lipinski definition) is 6. The predicted molar refractivity (Wildman–Crippen MR) is 356 cm³/mol. The van der Waals surface area contributed by atoms with Gasteiger partial charge in [-0.05, 0) is 25.7 Å². The lowest BCUT2D eigenvalue weighted by Gasteiger charge is -2.20. The number of carbonyl (C=O) groups is 4. The molecule has 0 saturated heterocycles. The lowest BCUT2D eigenvalue weighted by Crippen LogP contribution is -2.29. The lowest BCUT2D eigenvalue weighted by molar-refractivity contribution is -0.161. The third-order valence-corrected chi connectivity index (χ3v) is 17.4. The van der Waals surface area contributed by atoms with Crippen molar-refractivity contribution in [1.82, 2.24) is 0 Å². The van der Waals surface area contributed by atoms with Gasteiger partial charge in [-0.15, -0.1) is 0 Å². The summed E-state index contributed by atoms with van der Waals surface area (Å²) in [7, 11) is -9.19. The number of aliphatic hydroxyl groups excluding tert-OH is 4. The first kappa shape index (κ1) is 90.0. The van der Waals surface area contributed by atoms with E-state index in [0.717, 1.165) is 77.0 Å². The van der Waals surface area contributed by atoms with Crippen molar-refractivity contribution in [2.24, 2.45) is 0 Å². The highest BCUT2D eigenvalue weighted by Crippen LogP contribution is 2.44. The van der Waals surface area contributed by atoms with Crippen LogP contribution in [0.3, 0.4) is 0 Å². The SMILES string of the molecule is CCCCCCCCCCCCCC(=O)OC[C@H](COP(=O)(O)OCC(O)CO)OC(=O)CCCCCCCCCCCCC.CCCCCCCCCCCCCC(=O)OC[C@H](COP(=O)(O)OCC(O)CO)OC(=O)CCCCCCCCCCCCC. The van der Waals surface area contributed by atoms with Crippen LogP contribution in [-0.4, -0.2) is 131 Å². The van der Waals surface area contributed by atoms with E-state index in [1.807, 2.05) is 0 Å². The van der Waals surface area contributed by atoms with Crippen LogP contribution in [0.5, 0.6) is 0 Å². The molecule has 0 aromatic heterocycles. The van der Waals surface area contributed by atoms with Crippen molar-refractivity contribution in [2.75, 3.05) is 52.9 Å². The molecule has 22 heteroatoms. The molecule has 0 radical (unpaired) electrons. The van der Waals surface area contributed by atoms with Crippen molar-refractivity contribution < 1.29 is 95.6 Å². The summed E-state index contributed by atoms with van der Waals surface area (Å²) in [4.78, 5) is 69.3. The molecule has 0 bridgehead atoms. The number of phosphoric ester groups is 2. The highest BCUT2D eigenvalue weighted by atomic mass is 31.2. The minimum absolute atomic E-state index is 0.191. The fraction of sp³-hybridized carbons (Fsp3) is 0.941. The molecule has 0 aliphatic rings.